The smallest absolute Gasteiger partial charge is 0.256 e. The van der Waals surface area contributed by atoms with Crippen LogP contribution in [0.2, 0.25) is 0 Å². The Bertz CT molecular complexity index is 457. The van der Waals surface area contributed by atoms with Crippen molar-refractivity contribution >= 4 is 11.6 Å². The van der Waals surface area contributed by atoms with Crippen molar-refractivity contribution in [1.29, 1.82) is 0 Å². The van der Waals surface area contributed by atoms with Crippen molar-refractivity contribution in [3.05, 3.63) is 18.3 Å². The van der Waals surface area contributed by atoms with Gasteiger partial charge in [-0.2, -0.15) is 0 Å². The van der Waals surface area contributed by atoms with Gasteiger partial charge in [-0.05, 0) is 45.6 Å². The van der Waals surface area contributed by atoms with Crippen LogP contribution in [0.3, 0.4) is 0 Å². The fourth-order valence-electron chi connectivity index (χ4n) is 2.25. The van der Waals surface area contributed by atoms with E-state index in [-0.39, 0.29) is 5.91 Å². The number of amides is 1. The Morgan fingerprint density at radius 3 is 2.65 bits per heavy atom. The summed E-state index contributed by atoms with van der Waals surface area (Å²) < 4.78 is 11.0. The van der Waals surface area contributed by atoms with Crippen LogP contribution in [0.25, 0.3) is 0 Å². The summed E-state index contributed by atoms with van der Waals surface area (Å²) in [4.78, 5) is 16.6. The zero-order valence-electron chi connectivity index (χ0n) is 12.3. The minimum absolute atomic E-state index is 0.104. The average molecular weight is 278 g/mol. The Morgan fingerprint density at radius 1 is 1.40 bits per heavy atom. The van der Waals surface area contributed by atoms with Gasteiger partial charge in [0.05, 0.1) is 18.5 Å². The summed E-state index contributed by atoms with van der Waals surface area (Å²) in [7, 11) is 0. The summed E-state index contributed by atoms with van der Waals surface area (Å²) in [5.41, 5.74) is -0.0853. The molecule has 1 aliphatic carbocycles. The molecule has 0 aliphatic heterocycles. The Balaban J connectivity index is 2.02. The molecule has 1 unspecified atom stereocenters. The first kappa shape index (κ1) is 14.8. The van der Waals surface area contributed by atoms with E-state index in [2.05, 4.69) is 10.3 Å². The van der Waals surface area contributed by atoms with Gasteiger partial charge in [0.2, 0.25) is 5.88 Å². The van der Waals surface area contributed by atoms with Crippen molar-refractivity contribution in [3.8, 4) is 5.88 Å². The molecule has 0 saturated heterocycles. The lowest BCUT2D eigenvalue weighted by molar-refractivity contribution is -0.141. The van der Waals surface area contributed by atoms with Crippen LogP contribution in [0, 0.1) is 5.92 Å². The molecule has 5 heteroatoms. The lowest BCUT2D eigenvalue weighted by atomic mass is 9.99. The minimum Gasteiger partial charge on any atom is -0.478 e. The number of anilines is 1. The van der Waals surface area contributed by atoms with Crippen LogP contribution < -0.4 is 10.1 Å². The second kappa shape index (κ2) is 6.22. The third-order valence-electron chi connectivity index (χ3n) is 3.54. The number of carbonyl (C=O) groups excluding carboxylic acids is 1. The van der Waals surface area contributed by atoms with Crippen molar-refractivity contribution in [2.45, 2.75) is 39.2 Å². The van der Waals surface area contributed by atoms with Gasteiger partial charge in [-0.3, -0.25) is 4.79 Å². The fraction of sp³-hybridized carbons (Fsp3) is 0.600. The molecule has 0 bridgehead atoms. The van der Waals surface area contributed by atoms with Crippen LogP contribution in [0.1, 0.15) is 33.6 Å². The van der Waals surface area contributed by atoms with Crippen LogP contribution >= 0.6 is 0 Å². The molecule has 1 aromatic heterocycles. The number of nitrogens with zero attached hydrogens (tertiary/aromatic N) is 1. The molecule has 1 N–H and O–H groups in total. The van der Waals surface area contributed by atoms with Gasteiger partial charge < -0.3 is 14.8 Å². The van der Waals surface area contributed by atoms with Gasteiger partial charge in [0.15, 0.2) is 0 Å². The molecule has 1 amide bonds. The Hall–Kier alpha value is -1.62. The normalized spacial score (nSPS) is 17.4. The molecule has 1 atom stereocenters. The van der Waals surface area contributed by atoms with Gasteiger partial charge >= 0.3 is 0 Å². The number of hydrogen-bond acceptors (Lipinski definition) is 4. The van der Waals surface area contributed by atoms with E-state index in [1.807, 2.05) is 20.8 Å². The first-order chi connectivity index (χ1) is 9.60. The summed E-state index contributed by atoms with van der Waals surface area (Å²) in [5, 5.41) is 2.88. The maximum atomic E-state index is 12.4. The van der Waals surface area contributed by atoms with Gasteiger partial charge in [-0.1, -0.05) is 0 Å². The van der Waals surface area contributed by atoms with E-state index in [4.69, 9.17) is 9.47 Å². The summed E-state index contributed by atoms with van der Waals surface area (Å²) in [6, 6.07) is 3.53. The molecule has 110 valence electrons. The number of pyridine rings is 1. The van der Waals surface area contributed by atoms with Crippen molar-refractivity contribution in [2.24, 2.45) is 5.92 Å². The summed E-state index contributed by atoms with van der Waals surface area (Å²) >= 11 is 0. The minimum atomic E-state index is -0.743. The van der Waals surface area contributed by atoms with E-state index in [0.29, 0.717) is 30.7 Å². The van der Waals surface area contributed by atoms with Crippen LogP contribution in [-0.2, 0) is 9.53 Å². The highest BCUT2D eigenvalue weighted by molar-refractivity contribution is 5.97. The SMILES string of the molecule is CCOc1ccc(NC(=O)C(C)(OCC)C2CC2)cn1. The van der Waals surface area contributed by atoms with E-state index in [9.17, 15) is 4.79 Å². The second-order valence-electron chi connectivity index (χ2n) is 5.09. The quantitative estimate of drug-likeness (QED) is 0.833. The first-order valence-electron chi connectivity index (χ1n) is 7.14. The number of nitrogens with one attached hydrogen (secondary N) is 1. The predicted octanol–water partition coefficient (Wildman–Crippen LogP) is 2.62. The Labute approximate surface area is 119 Å². The van der Waals surface area contributed by atoms with Crippen LogP contribution in [0.15, 0.2) is 18.3 Å². The van der Waals surface area contributed by atoms with E-state index >= 15 is 0 Å². The van der Waals surface area contributed by atoms with Gasteiger partial charge in [-0.25, -0.2) is 4.98 Å². The molecule has 2 rings (SSSR count). The Kier molecular flexibility index (Phi) is 4.60. The average Bonchev–Trinajstić information content (AvgIpc) is 3.26. The first-order valence-corrected chi connectivity index (χ1v) is 7.14. The van der Waals surface area contributed by atoms with Crippen molar-refractivity contribution < 1.29 is 14.3 Å². The summed E-state index contributed by atoms with van der Waals surface area (Å²) in [6.45, 7) is 6.78. The van der Waals surface area contributed by atoms with E-state index in [1.54, 1.807) is 18.3 Å². The number of ether oxygens (including phenoxy) is 2. The van der Waals surface area contributed by atoms with Crippen LogP contribution in [0.4, 0.5) is 5.69 Å². The Morgan fingerprint density at radius 2 is 2.15 bits per heavy atom. The molecule has 1 aromatic rings. The molecule has 0 radical (unpaired) electrons. The zero-order valence-corrected chi connectivity index (χ0v) is 12.3. The fourth-order valence-corrected chi connectivity index (χ4v) is 2.25. The standard InChI is InChI=1S/C15H22N2O3/c1-4-19-13-9-8-12(10-16-13)17-14(18)15(3,20-5-2)11-6-7-11/h8-11H,4-7H2,1-3H3,(H,17,18). The predicted molar refractivity (Wildman–Crippen MR) is 76.8 cm³/mol. The van der Waals surface area contributed by atoms with E-state index < -0.39 is 5.60 Å². The molecule has 1 fully saturated rings. The highest BCUT2D eigenvalue weighted by atomic mass is 16.5. The van der Waals surface area contributed by atoms with Crippen molar-refractivity contribution in [2.75, 3.05) is 18.5 Å². The lowest BCUT2D eigenvalue weighted by Gasteiger charge is -2.28. The molecular weight excluding hydrogens is 256 g/mol. The molecule has 1 saturated carbocycles. The topological polar surface area (TPSA) is 60.5 Å². The zero-order chi connectivity index (χ0) is 14.6. The number of rotatable bonds is 7. The van der Waals surface area contributed by atoms with Gasteiger partial charge in [-0.15, -0.1) is 0 Å². The summed E-state index contributed by atoms with van der Waals surface area (Å²) in [6.07, 6.45) is 3.69. The third-order valence-corrected chi connectivity index (χ3v) is 3.54. The maximum Gasteiger partial charge on any atom is 0.256 e. The molecule has 20 heavy (non-hydrogen) atoms. The molecule has 0 spiro atoms. The largest absolute Gasteiger partial charge is 0.478 e. The molecule has 5 nitrogen and oxygen atoms in total. The third kappa shape index (κ3) is 3.28. The number of aromatic nitrogens is 1. The van der Waals surface area contributed by atoms with Crippen LogP contribution in [-0.4, -0.2) is 29.7 Å². The monoisotopic (exact) mass is 278 g/mol. The highest BCUT2D eigenvalue weighted by Crippen LogP contribution is 2.42. The lowest BCUT2D eigenvalue weighted by Crippen LogP contribution is -2.44. The van der Waals surface area contributed by atoms with Crippen molar-refractivity contribution in [1.82, 2.24) is 4.98 Å². The molecule has 1 heterocycles. The van der Waals surface area contributed by atoms with Gasteiger partial charge in [0.25, 0.3) is 5.91 Å². The van der Waals surface area contributed by atoms with Gasteiger partial charge in [0.1, 0.15) is 5.60 Å². The molecular formula is C15H22N2O3. The maximum absolute atomic E-state index is 12.4. The van der Waals surface area contributed by atoms with E-state index in [1.165, 1.54) is 0 Å². The number of hydrogen-bond donors (Lipinski definition) is 1. The molecule has 0 aromatic carbocycles. The second-order valence-corrected chi connectivity index (χ2v) is 5.09. The van der Waals surface area contributed by atoms with Crippen molar-refractivity contribution in [3.63, 3.8) is 0 Å². The van der Waals surface area contributed by atoms with E-state index in [0.717, 1.165) is 12.8 Å². The number of carbonyl (C=O) groups is 1. The molecule has 1 aliphatic rings. The highest BCUT2D eigenvalue weighted by Gasteiger charge is 2.48. The summed E-state index contributed by atoms with van der Waals surface area (Å²) in [5.74, 6) is 0.770. The van der Waals surface area contributed by atoms with Crippen LogP contribution in [0.5, 0.6) is 5.88 Å². The van der Waals surface area contributed by atoms with Gasteiger partial charge in [0, 0.05) is 12.7 Å².